The molecule has 15 heavy (non-hydrogen) atoms. The standard InChI is InChI=1S/C10H17N3OS/c1-7(8-3-4-8)9-11-12-10(15)13(9)5-6-14-2/h7-8H,3-6H2,1-2H3,(H,12,15). The van der Waals surface area contributed by atoms with Crippen LogP contribution >= 0.6 is 12.2 Å². The van der Waals surface area contributed by atoms with E-state index in [9.17, 15) is 0 Å². The fraction of sp³-hybridized carbons (Fsp3) is 0.800. The Bertz CT molecular complexity index is 380. The molecule has 1 aliphatic rings. The number of nitrogens with zero attached hydrogens (tertiary/aromatic N) is 2. The van der Waals surface area contributed by atoms with Crippen molar-refractivity contribution in [1.82, 2.24) is 14.8 Å². The third-order valence-electron chi connectivity index (χ3n) is 3.04. The molecule has 1 fully saturated rings. The Balaban J connectivity index is 2.18. The Kier molecular flexibility index (Phi) is 3.21. The summed E-state index contributed by atoms with van der Waals surface area (Å²) in [4.78, 5) is 0. The Morgan fingerprint density at radius 1 is 1.67 bits per heavy atom. The molecule has 1 aliphatic carbocycles. The molecule has 1 saturated carbocycles. The van der Waals surface area contributed by atoms with Gasteiger partial charge in [0, 0.05) is 19.6 Å². The first-order valence-corrected chi connectivity index (χ1v) is 5.79. The number of nitrogens with one attached hydrogen (secondary N) is 1. The molecular formula is C10H17N3OS. The second kappa shape index (κ2) is 4.45. The average Bonchev–Trinajstić information content (AvgIpc) is 3.00. The van der Waals surface area contributed by atoms with E-state index in [-0.39, 0.29) is 0 Å². The third-order valence-corrected chi connectivity index (χ3v) is 3.35. The summed E-state index contributed by atoms with van der Waals surface area (Å²) in [7, 11) is 1.70. The van der Waals surface area contributed by atoms with Gasteiger partial charge in [0.15, 0.2) is 4.77 Å². The fourth-order valence-electron chi connectivity index (χ4n) is 1.88. The monoisotopic (exact) mass is 227 g/mol. The van der Waals surface area contributed by atoms with E-state index >= 15 is 0 Å². The van der Waals surface area contributed by atoms with Gasteiger partial charge in [0.25, 0.3) is 0 Å². The smallest absolute Gasteiger partial charge is 0.195 e. The second-order valence-corrected chi connectivity index (χ2v) is 4.54. The highest BCUT2D eigenvalue weighted by Crippen LogP contribution is 2.41. The zero-order valence-electron chi connectivity index (χ0n) is 9.19. The molecule has 0 radical (unpaired) electrons. The summed E-state index contributed by atoms with van der Waals surface area (Å²) in [5.41, 5.74) is 0. The Hall–Kier alpha value is -0.680. The Labute approximate surface area is 94.6 Å². The topological polar surface area (TPSA) is 42.8 Å². The van der Waals surface area contributed by atoms with Crippen LogP contribution in [-0.2, 0) is 11.3 Å². The number of aromatic nitrogens is 3. The summed E-state index contributed by atoms with van der Waals surface area (Å²) < 4.78 is 7.83. The van der Waals surface area contributed by atoms with Crippen molar-refractivity contribution in [3.05, 3.63) is 10.6 Å². The summed E-state index contributed by atoms with van der Waals surface area (Å²) in [6, 6.07) is 0. The van der Waals surface area contributed by atoms with Crippen LogP contribution in [0.2, 0.25) is 0 Å². The third kappa shape index (κ3) is 2.29. The maximum Gasteiger partial charge on any atom is 0.195 e. The highest BCUT2D eigenvalue weighted by molar-refractivity contribution is 7.71. The first kappa shape index (κ1) is 10.8. The fourth-order valence-corrected chi connectivity index (χ4v) is 2.11. The molecule has 1 unspecified atom stereocenters. The van der Waals surface area contributed by atoms with E-state index in [1.165, 1.54) is 12.8 Å². The number of methoxy groups -OCH3 is 1. The molecule has 1 heterocycles. The van der Waals surface area contributed by atoms with Gasteiger partial charge in [0.05, 0.1) is 6.61 Å². The summed E-state index contributed by atoms with van der Waals surface area (Å²) in [5, 5.41) is 7.19. The van der Waals surface area contributed by atoms with Crippen LogP contribution in [0.1, 0.15) is 31.5 Å². The van der Waals surface area contributed by atoms with Crippen molar-refractivity contribution < 1.29 is 4.74 Å². The van der Waals surface area contributed by atoms with Gasteiger partial charge in [-0.25, -0.2) is 0 Å². The Morgan fingerprint density at radius 3 is 3.00 bits per heavy atom. The van der Waals surface area contributed by atoms with Crippen molar-refractivity contribution in [3.8, 4) is 0 Å². The molecule has 1 aromatic rings. The van der Waals surface area contributed by atoms with Crippen LogP contribution < -0.4 is 0 Å². The lowest BCUT2D eigenvalue weighted by Gasteiger charge is -2.11. The molecule has 0 bridgehead atoms. The van der Waals surface area contributed by atoms with Crippen LogP contribution in [0.15, 0.2) is 0 Å². The van der Waals surface area contributed by atoms with Crippen LogP contribution in [0.4, 0.5) is 0 Å². The molecule has 4 nitrogen and oxygen atoms in total. The molecule has 2 rings (SSSR count). The SMILES string of the molecule is COCCn1c(C(C)C2CC2)n[nH]c1=S. The largest absolute Gasteiger partial charge is 0.383 e. The van der Waals surface area contributed by atoms with Gasteiger partial charge >= 0.3 is 0 Å². The van der Waals surface area contributed by atoms with E-state index in [0.717, 1.165) is 18.3 Å². The number of hydrogen-bond acceptors (Lipinski definition) is 3. The van der Waals surface area contributed by atoms with Gasteiger partial charge in [-0.05, 0) is 31.0 Å². The van der Waals surface area contributed by atoms with E-state index in [1.807, 2.05) is 0 Å². The lowest BCUT2D eigenvalue weighted by Crippen LogP contribution is -2.11. The van der Waals surface area contributed by atoms with Gasteiger partial charge in [-0.3, -0.25) is 5.10 Å². The van der Waals surface area contributed by atoms with Crippen molar-refractivity contribution in [1.29, 1.82) is 0 Å². The highest BCUT2D eigenvalue weighted by Gasteiger charge is 2.31. The van der Waals surface area contributed by atoms with Gasteiger partial charge in [-0.1, -0.05) is 6.92 Å². The average molecular weight is 227 g/mol. The van der Waals surface area contributed by atoms with E-state index in [0.29, 0.717) is 17.3 Å². The first-order valence-electron chi connectivity index (χ1n) is 5.38. The number of hydrogen-bond donors (Lipinski definition) is 1. The maximum absolute atomic E-state index is 5.20. The zero-order valence-corrected chi connectivity index (χ0v) is 10.0. The minimum absolute atomic E-state index is 0.509. The number of H-pyrrole nitrogens is 1. The van der Waals surface area contributed by atoms with Crippen molar-refractivity contribution in [3.63, 3.8) is 0 Å². The molecule has 0 spiro atoms. The quantitative estimate of drug-likeness (QED) is 0.783. The zero-order chi connectivity index (χ0) is 10.8. The summed E-state index contributed by atoms with van der Waals surface area (Å²) in [5.74, 6) is 2.39. The van der Waals surface area contributed by atoms with Crippen molar-refractivity contribution in [2.45, 2.75) is 32.2 Å². The molecule has 1 atom stereocenters. The molecule has 1 aromatic heterocycles. The van der Waals surface area contributed by atoms with E-state index in [2.05, 4.69) is 21.7 Å². The molecule has 0 aliphatic heterocycles. The van der Waals surface area contributed by atoms with Gasteiger partial charge < -0.3 is 9.30 Å². The molecular weight excluding hydrogens is 210 g/mol. The minimum atomic E-state index is 0.509. The van der Waals surface area contributed by atoms with Crippen molar-refractivity contribution in [2.75, 3.05) is 13.7 Å². The number of aromatic amines is 1. The Morgan fingerprint density at radius 2 is 2.40 bits per heavy atom. The molecule has 1 N–H and O–H groups in total. The highest BCUT2D eigenvalue weighted by atomic mass is 32.1. The van der Waals surface area contributed by atoms with Gasteiger partial charge in [0.1, 0.15) is 5.82 Å². The first-order chi connectivity index (χ1) is 7.24. The predicted molar refractivity (Wildman–Crippen MR) is 60.4 cm³/mol. The number of rotatable bonds is 5. The molecule has 0 amide bonds. The van der Waals surface area contributed by atoms with E-state index in [1.54, 1.807) is 7.11 Å². The van der Waals surface area contributed by atoms with Gasteiger partial charge in [-0.15, -0.1) is 0 Å². The molecule has 0 aromatic carbocycles. The second-order valence-electron chi connectivity index (χ2n) is 4.16. The minimum Gasteiger partial charge on any atom is -0.383 e. The lowest BCUT2D eigenvalue weighted by molar-refractivity contribution is 0.185. The van der Waals surface area contributed by atoms with Crippen LogP contribution in [0.5, 0.6) is 0 Å². The predicted octanol–water partition coefficient (Wildman–Crippen LogP) is 2.10. The van der Waals surface area contributed by atoms with E-state index < -0.39 is 0 Å². The molecule has 0 saturated heterocycles. The molecule has 5 heteroatoms. The summed E-state index contributed by atoms with van der Waals surface area (Å²) >= 11 is 5.20. The maximum atomic E-state index is 5.20. The lowest BCUT2D eigenvalue weighted by atomic mass is 10.1. The van der Waals surface area contributed by atoms with E-state index in [4.69, 9.17) is 17.0 Å². The van der Waals surface area contributed by atoms with Gasteiger partial charge in [0.2, 0.25) is 0 Å². The van der Waals surface area contributed by atoms with Crippen LogP contribution in [-0.4, -0.2) is 28.5 Å². The normalized spacial score (nSPS) is 18.0. The van der Waals surface area contributed by atoms with Gasteiger partial charge in [-0.2, -0.15) is 5.10 Å². The summed E-state index contributed by atoms with van der Waals surface area (Å²) in [6.45, 7) is 3.70. The molecule has 84 valence electrons. The van der Waals surface area contributed by atoms with Crippen molar-refractivity contribution in [2.24, 2.45) is 5.92 Å². The van der Waals surface area contributed by atoms with Crippen molar-refractivity contribution >= 4 is 12.2 Å². The number of ether oxygens (including phenoxy) is 1. The van der Waals surface area contributed by atoms with Crippen LogP contribution in [0.3, 0.4) is 0 Å². The van der Waals surface area contributed by atoms with Crippen LogP contribution in [0.25, 0.3) is 0 Å². The van der Waals surface area contributed by atoms with Crippen LogP contribution in [0, 0.1) is 10.7 Å². The summed E-state index contributed by atoms with van der Waals surface area (Å²) in [6.07, 6.45) is 2.65.